The molecule has 1 aromatic rings. The fraction of sp³-hybridized carbons (Fsp3) is 0.500. The number of likely N-dealkylation sites (tertiary alicyclic amines) is 1. The van der Waals surface area contributed by atoms with Crippen LogP contribution in [0.15, 0.2) is 23.1 Å². The van der Waals surface area contributed by atoms with Gasteiger partial charge in [-0.25, -0.2) is 12.7 Å². The Bertz CT molecular complexity index is 667. The van der Waals surface area contributed by atoms with Crippen molar-refractivity contribution in [3.05, 3.63) is 28.8 Å². The van der Waals surface area contributed by atoms with Gasteiger partial charge in [-0.05, 0) is 31.0 Å². The van der Waals surface area contributed by atoms with E-state index in [2.05, 4.69) is 0 Å². The van der Waals surface area contributed by atoms with Crippen LogP contribution in [0.4, 0.5) is 0 Å². The van der Waals surface area contributed by atoms with Crippen molar-refractivity contribution in [1.29, 1.82) is 0 Å². The van der Waals surface area contributed by atoms with Gasteiger partial charge in [-0.1, -0.05) is 11.6 Å². The van der Waals surface area contributed by atoms with E-state index >= 15 is 0 Å². The van der Waals surface area contributed by atoms with Crippen molar-refractivity contribution >= 4 is 27.5 Å². The number of carbonyl (C=O) groups is 1. The summed E-state index contributed by atoms with van der Waals surface area (Å²) in [6, 6.07) is 4.11. The molecule has 1 heterocycles. The molecule has 1 aliphatic heterocycles. The number of hydrogen-bond donors (Lipinski definition) is 1. The van der Waals surface area contributed by atoms with Crippen LogP contribution in [0, 0.1) is 0 Å². The van der Waals surface area contributed by atoms with E-state index in [1.807, 2.05) is 0 Å². The second-order valence-corrected chi connectivity index (χ2v) is 8.01. The highest BCUT2D eigenvalue weighted by atomic mass is 35.5. The first-order chi connectivity index (χ1) is 10.2. The molecule has 1 fully saturated rings. The molecule has 0 spiro atoms. The zero-order valence-electron chi connectivity index (χ0n) is 12.5. The average molecular weight is 347 g/mol. The van der Waals surface area contributed by atoms with E-state index in [0.29, 0.717) is 25.9 Å². The molecule has 0 unspecified atom stereocenters. The van der Waals surface area contributed by atoms with E-state index in [0.717, 1.165) is 4.31 Å². The highest BCUT2D eigenvalue weighted by Crippen LogP contribution is 2.24. The van der Waals surface area contributed by atoms with Gasteiger partial charge in [0.15, 0.2) is 0 Å². The second kappa shape index (κ2) is 6.54. The van der Waals surface area contributed by atoms with Crippen molar-refractivity contribution in [2.45, 2.75) is 23.8 Å². The second-order valence-electron chi connectivity index (χ2n) is 5.45. The zero-order chi connectivity index (χ0) is 16.5. The zero-order valence-corrected chi connectivity index (χ0v) is 14.1. The minimum Gasteiger partial charge on any atom is -0.393 e. The van der Waals surface area contributed by atoms with E-state index in [9.17, 15) is 18.3 Å². The molecule has 0 atom stereocenters. The topological polar surface area (TPSA) is 77.9 Å². The third-order valence-electron chi connectivity index (χ3n) is 3.70. The molecule has 2 rings (SSSR count). The quantitative estimate of drug-likeness (QED) is 0.891. The van der Waals surface area contributed by atoms with Crippen molar-refractivity contribution in [3.8, 4) is 0 Å². The van der Waals surface area contributed by atoms with E-state index in [1.54, 1.807) is 4.90 Å². The summed E-state index contributed by atoms with van der Waals surface area (Å²) in [5.41, 5.74) is 0.168. The van der Waals surface area contributed by atoms with Gasteiger partial charge < -0.3 is 10.0 Å². The number of benzene rings is 1. The maximum Gasteiger partial charge on any atom is 0.255 e. The molecule has 122 valence electrons. The molecular weight excluding hydrogens is 328 g/mol. The number of nitrogens with zero attached hydrogens (tertiary/aromatic N) is 2. The summed E-state index contributed by atoms with van der Waals surface area (Å²) < 4.78 is 25.4. The van der Waals surface area contributed by atoms with Crippen LogP contribution in [0.1, 0.15) is 23.2 Å². The van der Waals surface area contributed by atoms with E-state index in [-0.39, 0.29) is 27.5 Å². The van der Waals surface area contributed by atoms with Gasteiger partial charge in [0.2, 0.25) is 10.0 Å². The van der Waals surface area contributed by atoms with Gasteiger partial charge in [0.25, 0.3) is 5.91 Å². The molecule has 1 amide bonds. The van der Waals surface area contributed by atoms with Gasteiger partial charge in [0, 0.05) is 27.2 Å². The normalized spacial score (nSPS) is 17.0. The summed E-state index contributed by atoms with van der Waals surface area (Å²) in [6.07, 6.45) is 0.637. The third-order valence-corrected chi connectivity index (χ3v) is 5.84. The molecular formula is C14H19ClN2O4S. The predicted octanol–water partition coefficient (Wildman–Crippen LogP) is 1.19. The summed E-state index contributed by atoms with van der Waals surface area (Å²) in [5.74, 6) is -0.312. The van der Waals surface area contributed by atoms with Gasteiger partial charge in [0.05, 0.1) is 21.6 Å². The lowest BCUT2D eigenvalue weighted by atomic mass is 10.1. The Hall–Kier alpha value is -1.15. The maximum absolute atomic E-state index is 12.5. The summed E-state index contributed by atoms with van der Waals surface area (Å²) in [5, 5.41) is 9.71. The third kappa shape index (κ3) is 3.43. The first-order valence-corrected chi connectivity index (χ1v) is 8.74. The Balaban J connectivity index is 2.33. The lowest BCUT2D eigenvalue weighted by Crippen LogP contribution is -2.40. The van der Waals surface area contributed by atoms with E-state index in [4.69, 9.17) is 11.6 Å². The summed E-state index contributed by atoms with van der Waals surface area (Å²) in [6.45, 7) is 0.863. The van der Waals surface area contributed by atoms with Crippen LogP contribution in [-0.4, -0.2) is 61.9 Å². The standard InChI is InChI=1S/C14H19ClN2O4S/c1-16(2)22(20,21)11-3-4-13(15)12(9-11)14(19)17-7-5-10(18)6-8-17/h3-4,9-10,18H,5-8H2,1-2H3. The highest BCUT2D eigenvalue weighted by molar-refractivity contribution is 7.89. The van der Waals surface area contributed by atoms with E-state index in [1.165, 1.54) is 32.3 Å². The Morgan fingerprint density at radius 2 is 1.91 bits per heavy atom. The van der Waals surface area contributed by atoms with Crippen LogP contribution in [0.3, 0.4) is 0 Å². The number of hydrogen-bond acceptors (Lipinski definition) is 4. The Kier molecular flexibility index (Phi) is 5.11. The number of sulfonamides is 1. The summed E-state index contributed by atoms with van der Waals surface area (Å²) in [4.78, 5) is 14.1. The number of amides is 1. The first kappa shape index (κ1) is 17.2. The van der Waals surface area contributed by atoms with Gasteiger partial charge in [-0.2, -0.15) is 0 Å². The van der Waals surface area contributed by atoms with Crippen LogP contribution >= 0.6 is 11.6 Å². The molecule has 6 nitrogen and oxygen atoms in total. The largest absolute Gasteiger partial charge is 0.393 e. The lowest BCUT2D eigenvalue weighted by molar-refractivity contribution is 0.0546. The summed E-state index contributed by atoms with van der Waals surface area (Å²) in [7, 11) is -0.769. The monoisotopic (exact) mass is 346 g/mol. The predicted molar refractivity (Wildman–Crippen MR) is 83.5 cm³/mol. The molecule has 1 aliphatic rings. The van der Waals surface area contributed by atoms with Gasteiger partial charge in [0.1, 0.15) is 0 Å². The molecule has 1 N–H and O–H groups in total. The molecule has 22 heavy (non-hydrogen) atoms. The first-order valence-electron chi connectivity index (χ1n) is 6.93. The molecule has 0 aromatic heterocycles. The molecule has 0 saturated carbocycles. The fourth-order valence-electron chi connectivity index (χ4n) is 2.28. The van der Waals surface area contributed by atoms with Crippen molar-refractivity contribution in [2.24, 2.45) is 0 Å². The smallest absolute Gasteiger partial charge is 0.255 e. The Morgan fingerprint density at radius 3 is 2.45 bits per heavy atom. The Morgan fingerprint density at radius 1 is 1.32 bits per heavy atom. The van der Waals surface area contributed by atoms with Gasteiger partial charge in [-0.15, -0.1) is 0 Å². The number of piperidine rings is 1. The fourth-order valence-corrected chi connectivity index (χ4v) is 3.41. The van der Waals surface area contributed by atoms with Crippen molar-refractivity contribution < 1.29 is 18.3 Å². The Labute approximate surface area is 135 Å². The van der Waals surface area contributed by atoms with Crippen LogP contribution in [0.25, 0.3) is 0 Å². The number of rotatable bonds is 3. The van der Waals surface area contributed by atoms with Crippen molar-refractivity contribution in [3.63, 3.8) is 0 Å². The molecule has 0 aliphatic carbocycles. The van der Waals surface area contributed by atoms with E-state index < -0.39 is 10.0 Å². The number of halogens is 1. The number of aliphatic hydroxyl groups excluding tert-OH is 1. The molecule has 1 aromatic carbocycles. The maximum atomic E-state index is 12.5. The summed E-state index contributed by atoms with van der Waals surface area (Å²) >= 11 is 6.06. The van der Waals surface area contributed by atoms with Gasteiger partial charge >= 0.3 is 0 Å². The van der Waals surface area contributed by atoms with Crippen molar-refractivity contribution in [1.82, 2.24) is 9.21 Å². The number of carbonyl (C=O) groups excluding carboxylic acids is 1. The SMILES string of the molecule is CN(C)S(=O)(=O)c1ccc(Cl)c(C(=O)N2CCC(O)CC2)c1. The number of aliphatic hydroxyl groups is 1. The van der Waals surface area contributed by atoms with Crippen LogP contribution < -0.4 is 0 Å². The average Bonchev–Trinajstić information content (AvgIpc) is 2.47. The van der Waals surface area contributed by atoms with Crippen LogP contribution in [0.5, 0.6) is 0 Å². The van der Waals surface area contributed by atoms with Crippen LogP contribution in [0.2, 0.25) is 5.02 Å². The minimum absolute atomic E-state index is 0.0299. The van der Waals surface area contributed by atoms with Crippen molar-refractivity contribution in [2.75, 3.05) is 27.2 Å². The molecule has 1 saturated heterocycles. The van der Waals surface area contributed by atoms with Gasteiger partial charge in [-0.3, -0.25) is 4.79 Å². The van der Waals surface area contributed by atoms with Crippen LogP contribution in [-0.2, 0) is 10.0 Å². The molecule has 8 heteroatoms. The molecule has 0 radical (unpaired) electrons. The minimum atomic E-state index is -3.63. The molecule has 0 bridgehead atoms. The highest BCUT2D eigenvalue weighted by Gasteiger charge is 2.26. The lowest BCUT2D eigenvalue weighted by Gasteiger charge is -2.30.